The van der Waals surface area contributed by atoms with E-state index in [1.165, 1.54) is 0 Å². The van der Waals surface area contributed by atoms with Crippen LogP contribution < -0.4 is 4.74 Å². The van der Waals surface area contributed by atoms with E-state index in [1.54, 1.807) is 12.1 Å². The van der Waals surface area contributed by atoms with Gasteiger partial charge in [0, 0.05) is 11.6 Å². The van der Waals surface area contributed by atoms with Crippen molar-refractivity contribution in [2.75, 3.05) is 26.2 Å². The van der Waals surface area contributed by atoms with Crippen LogP contribution in [0.3, 0.4) is 0 Å². The molecular formula is C13H19Cl2NO. The Balaban J connectivity index is 2.31. The number of hydrogen-bond donors (Lipinski definition) is 0. The zero-order chi connectivity index (χ0) is 12.7. The van der Waals surface area contributed by atoms with Crippen molar-refractivity contribution in [3.05, 3.63) is 28.2 Å². The van der Waals surface area contributed by atoms with Crippen LogP contribution in [0.4, 0.5) is 0 Å². The fourth-order valence-electron chi connectivity index (χ4n) is 1.60. The summed E-state index contributed by atoms with van der Waals surface area (Å²) in [7, 11) is 0. The summed E-state index contributed by atoms with van der Waals surface area (Å²) in [5.41, 5.74) is 0. The molecule has 96 valence electrons. The highest BCUT2D eigenvalue weighted by atomic mass is 35.5. The van der Waals surface area contributed by atoms with Crippen LogP contribution in [0.25, 0.3) is 0 Å². The first-order valence-electron chi connectivity index (χ1n) is 5.97. The summed E-state index contributed by atoms with van der Waals surface area (Å²) in [6.45, 7) is 8.23. The monoisotopic (exact) mass is 275 g/mol. The minimum absolute atomic E-state index is 0.570. The Morgan fingerprint density at radius 1 is 1.18 bits per heavy atom. The Hall–Kier alpha value is -0.440. The van der Waals surface area contributed by atoms with Crippen LogP contribution in [0, 0.1) is 0 Å². The van der Waals surface area contributed by atoms with Gasteiger partial charge in [-0.1, -0.05) is 37.0 Å². The predicted molar refractivity (Wildman–Crippen MR) is 74.4 cm³/mol. The highest BCUT2D eigenvalue weighted by Crippen LogP contribution is 2.27. The van der Waals surface area contributed by atoms with E-state index in [0.717, 1.165) is 26.1 Å². The van der Waals surface area contributed by atoms with E-state index in [1.807, 2.05) is 6.07 Å². The molecule has 0 amide bonds. The van der Waals surface area contributed by atoms with Gasteiger partial charge in [0.15, 0.2) is 0 Å². The van der Waals surface area contributed by atoms with Gasteiger partial charge in [-0.3, -0.25) is 0 Å². The van der Waals surface area contributed by atoms with E-state index in [-0.39, 0.29) is 0 Å². The van der Waals surface area contributed by atoms with Gasteiger partial charge in [0.25, 0.3) is 0 Å². The predicted octanol–water partition coefficient (Wildman–Crippen LogP) is 4.10. The molecule has 0 bridgehead atoms. The molecule has 1 aromatic rings. The van der Waals surface area contributed by atoms with Crippen molar-refractivity contribution in [2.24, 2.45) is 0 Å². The molecule has 1 aromatic carbocycles. The molecule has 0 spiro atoms. The van der Waals surface area contributed by atoms with Crippen LogP contribution in [0.2, 0.25) is 10.0 Å². The van der Waals surface area contributed by atoms with Gasteiger partial charge in [-0.05, 0) is 37.7 Å². The first-order valence-corrected chi connectivity index (χ1v) is 6.73. The number of hydrogen-bond acceptors (Lipinski definition) is 2. The second-order valence-electron chi connectivity index (χ2n) is 3.80. The summed E-state index contributed by atoms with van der Waals surface area (Å²) in [5, 5.41) is 1.20. The van der Waals surface area contributed by atoms with Crippen molar-refractivity contribution < 1.29 is 4.74 Å². The van der Waals surface area contributed by atoms with E-state index < -0.39 is 0 Å². The van der Waals surface area contributed by atoms with E-state index in [9.17, 15) is 0 Å². The van der Waals surface area contributed by atoms with Crippen LogP contribution in [-0.4, -0.2) is 31.1 Å². The molecule has 2 nitrogen and oxygen atoms in total. The standard InChI is InChI=1S/C13H19Cl2NO/c1-3-16(4-2)8-5-9-17-13-7-6-11(14)10-12(13)15/h6-7,10H,3-5,8-9H2,1-2H3. The topological polar surface area (TPSA) is 12.5 Å². The lowest BCUT2D eigenvalue weighted by Gasteiger charge is -2.17. The van der Waals surface area contributed by atoms with Gasteiger partial charge in [0.1, 0.15) is 5.75 Å². The fraction of sp³-hybridized carbons (Fsp3) is 0.538. The van der Waals surface area contributed by atoms with E-state index in [0.29, 0.717) is 22.4 Å². The lowest BCUT2D eigenvalue weighted by atomic mass is 10.3. The lowest BCUT2D eigenvalue weighted by molar-refractivity contribution is 0.249. The van der Waals surface area contributed by atoms with Gasteiger partial charge < -0.3 is 9.64 Å². The molecule has 0 aliphatic rings. The summed E-state index contributed by atoms with van der Waals surface area (Å²) in [4.78, 5) is 2.37. The number of rotatable bonds is 7. The maximum atomic E-state index is 6.01. The average molecular weight is 276 g/mol. The van der Waals surface area contributed by atoms with Gasteiger partial charge in [0.2, 0.25) is 0 Å². The number of ether oxygens (including phenoxy) is 1. The molecule has 0 aliphatic carbocycles. The van der Waals surface area contributed by atoms with Gasteiger partial charge in [-0.2, -0.15) is 0 Å². The zero-order valence-electron chi connectivity index (χ0n) is 10.4. The van der Waals surface area contributed by atoms with E-state index >= 15 is 0 Å². The molecule has 0 fully saturated rings. The van der Waals surface area contributed by atoms with Gasteiger partial charge in [-0.15, -0.1) is 0 Å². The molecule has 0 aliphatic heterocycles. The second kappa shape index (κ2) is 7.80. The number of halogens is 2. The van der Waals surface area contributed by atoms with E-state index in [4.69, 9.17) is 27.9 Å². The fourth-order valence-corrected chi connectivity index (χ4v) is 2.07. The highest BCUT2D eigenvalue weighted by molar-refractivity contribution is 6.35. The van der Waals surface area contributed by atoms with Gasteiger partial charge >= 0.3 is 0 Å². The molecular weight excluding hydrogens is 257 g/mol. The van der Waals surface area contributed by atoms with Crippen LogP contribution in [0.15, 0.2) is 18.2 Å². The Morgan fingerprint density at radius 2 is 1.88 bits per heavy atom. The SMILES string of the molecule is CCN(CC)CCCOc1ccc(Cl)cc1Cl. The molecule has 4 heteroatoms. The molecule has 0 saturated carbocycles. The van der Waals surface area contributed by atoms with Crippen molar-refractivity contribution >= 4 is 23.2 Å². The maximum absolute atomic E-state index is 6.01. The summed E-state index contributed by atoms with van der Waals surface area (Å²) in [6.07, 6.45) is 1.00. The minimum atomic E-state index is 0.570. The quantitative estimate of drug-likeness (QED) is 0.695. The molecule has 0 atom stereocenters. The minimum Gasteiger partial charge on any atom is -0.492 e. The van der Waals surface area contributed by atoms with Gasteiger partial charge in [0.05, 0.1) is 11.6 Å². The Bertz CT molecular complexity index is 340. The number of benzene rings is 1. The third kappa shape index (κ3) is 5.15. The smallest absolute Gasteiger partial charge is 0.137 e. The molecule has 1 rings (SSSR count). The average Bonchev–Trinajstić information content (AvgIpc) is 2.32. The summed E-state index contributed by atoms with van der Waals surface area (Å²) < 4.78 is 5.61. The Morgan fingerprint density at radius 3 is 2.47 bits per heavy atom. The first-order chi connectivity index (χ1) is 8.17. The van der Waals surface area contributed by atoms with Crippen LogP contribution in [-0.2, 0) is 0 Å². The third-order valence-electron chi connectivity index (χ3n) is 2.66. The molecule has 0 heterocycles. The highest BCUT2D eigenvalue weighted by Gasteiger charge is 2.03. The van der Waals surface area contributed by atoms with Crippen molar-refractivity contribution in [1.29, 1.82) is 0 Å². The normalized spacial score (nSPS) is 10.9. The van der Waals surface area contributed by atoms with Crippen LogP contribution >= 0.6 is 23.2 Å². The largest absolute Gasteiger partial charge is 0.492 e. The molecule has 0 radical (unpaired) electrons. The van der Waals surface area contributed by atoms with Crippen LogP contribution in [0.1, 0.15) is 20.3 Å². The molecule has 17 heavy (non-hydrogen) atoms. The van der Waals surface area contributed by atoms with Crippen molar-refractivity contribution in [2.45, 2.75) is 20.3 Å². The van der Waals surface area contributed by atoms with E-state index in [2.05, 4.69) is 18.7 Å². The third-order valence-corrected chi connectivity index (χ3v) is 3.20. The molecule has 0 saturated heterocycles. The molecule has 0 aromatic heterocycles. The number of nitrogens with zero attached hydrogens (tertiary/aromatic N) is 1. The summed E-state index contributed by atoms with van der Waals surface area (Å²) in [6, 6.07) is 5.29. The maximum Gasteiger partial charge on any atom is 0.137 e. The van der Waals surface area contributed by atoms with Crippen molar-refractivity contribution in [3.8, 4) is 5.75 Å². The second-order valence-corrected chi connectivity index (χ2v) is 4.65. The molecule has 0 unspecified atom stereocenters. The Labute approximate surface area is 113 Å². The van der Waals surface area contributed by atoms with Crippen molar-refractivity contribution in [1.82, 2.24) is 4.90 Å². The van der Waals surface area contributed by atoms with Crippen molar-refractivity contribution in [3.63, 3.8) is 0 Å². The summed E-state index contributed by atoms with van der Waals surface area (Å²) >= 11 is 11.8. The lowest BCUT2D eigenvalue weighted by Crippen LogP contribution is -2.25. The Kier molecular flexibility index (Phi) is 6.71. The molecule has 0 N–H and O–H groups in total. The first kappa shape index (κ1) is 14.6. The summed E-state index contributed by atoms with van der Waals surface area (Å²) in [5.74, 6) is 0.704. The van der Waals surface area contributed by atoms with Crippen LogP contribution in [0.5, 0.6) is 5.75 Å². The van der Waals surface area contributed by atoms with Gasteiger partial charge in [-0.25, -0.2) is 0 Å². The zero-order valence-corrected chi connectivity index (χ0v) is 11.9.